The molecule has 0 saturated heterocycles. The van der Waals surface area contributed by atoms with Gasteiger partial charge >= 0.3 is 23.9 Å². The third-order valence-corrected chi connectivity index (χ3v) is 10.00. The van der Waals surface area contributed by atoms with Crippen LogP contribution < -0.4 is 18.9 Å². The zero-order valence-corrected chi connectivity index (χ0v) is 30.2. The monoisotopic (exact) mass is 738 g/mol. The van der Waals surface area contributed by atoms with Crippen LogP contribution in [-0.2, 0) is 19.2 Å². The lowest BCUT2D eigenvalue weighted by Gasteiger charge is -2.32. The summed E-state index contributed by atoms with van der Waals surface area (Å²) in [6, 6.07) is 49.2. The maximum atomic E-state index is 15.2. The van der Waals surface area contributed by atoms with Gasteiger partial charge in [-0.3, -0.25) is 4.79 Å². The standard InChI is InChI=1S/C48H34O8/c1-2-39(44(49)53-40-27-11-19-31-15-3-7-23-35(31)40)48(45(50)54-41-28-12-20-32-16-4-8-24-36(32)41,46(51)55-42-29-13-21-33-17-5-9-25-37(33)42)47(52)56-43-30-14-22-34-18-6-10-26-38(34)43/h3-30,39H,2H2,1H3. The molecule has 0 spiro atoms. The van der Waals surface area contributed by atoms with Crippen LogP contribution in [-0.4, -0.2) is 23.9 Å². The van der Waals surface area contributed by atoms with Crippen LogP contribution in [0.1, 0.15) is 13.3 Å². The molecule has 8 aromatic carbocycles. The van der Waals surface area contributed by atoms with Crippen LogP contribution in [0, 0.1) is 11.3 Å². The number of ether oxygens (including phenoxy) is 4. The second-order valence-electron chi connectivity index (χ2n) is 13.3. The molecule has 8 heteroatoms. The molecule has 1 atom stereocenters. The van der Waals surface area contributed by atoms with Gasteiger partial charge in [0.25, 0.3) is 5.41 Å². The van der Waals surface area contributed by atoms with Gasteiger partial charge in [-0.2, -0.15) is 0 Å². The van der Waals surface area contributed by atoms with Crippen LogP contribution in [0.15, 0.2) is 170 Å². The van der Waals surface area contributed by atoms with Crippen molar-refractivity contribution in [2.24, 2.45) is 11.3 Å². The Kier molecular flexibility index (Phi) is 9.69. The molecule has 0 saturated carbocycles. The predicted octanol–water partition coefficient (Wildman–Crippen LogP) is 10.0. The van der Waals surface area contributed by atoms with E-state index in [2.05, 4.69) is 0 Å². The molecule has 0 N–H and O–H groups in total. The van der Waals surface area contributed by atoms with Crippen molar-refractivity contribution in [3.63, 3.8) is 0 Å². The number of carbonyl (C=O) groups is 4. The summed E-state index contributed by atoms with van der Waals surface area (Å²) in [4.78, 5) is 60.3. The lowest BCUT2D eigenvalue weighted by atomic mass is 9.73. The van der Waals surface area contributed by atoms with Crippen LogP contribution in [0.25, 0.3) is 43.1 Å². The zero-order valence-electron chi connectivity index (χ0n) is 30.2. The topological polar surface area (TPSA) is 105 Å². The molecule has 1 unspecified atom stereocenters. The molecule has 274 valence electrons. The van der Waals surface area contributed by atoms with Crippen LogP contribution in [0.5, 0.6) is 23.0 Å². The smallest absolute Gasteiger partial charge is 0.341 e. The first-order chi connectivity index (χ1) is 27.4. The molecule has 8 rings (SSSR count). The summed E-state index contributed by atoms with van der Waals surface area (Å²) < 4.78 is 24.3. The van der Waals surface area contributed by atoms with Crippen molar-refractivity contribution in [2.75, 3.05) is 0 Å². The highest BCUT2D eigenvalue weighted by Gasteiger charge is 2.66. The van der Waals surface area contributed by atoms with Crippen LogP contribution in [0.2, 0.25) is 0 Å². The van der Waals surface area contributed by atoms with Gasteiger partial charge in [-0.25, -0.2) is 14.4 Å². The van der Waals surface area contributed by atoms with Crippen molar-refractivity contribution in [1.82, 2.24) is 0 Å². The Morgan fingerprint density at radius 2 is 0.661 bits per heavy atom. The van der Waals surface area contributed by atoms with E-state index in [9.17, 15) is 4.79 Å². The number of hydrogen-bond donors (Lipinski definition) is 0. The van der Waals surface area contributed by atoms with Crippen molar-refractivity contribution < 1.29 is 38.1 Å². The molecule has 8 nitrogen and oxygen atoms in total. The van der Waals surface area contributed by atoms with Gasteiger partial charge in [0.2, 0.25) is 0 Å². The first kappa shape index (κ1) is 35.7. The lowest BCUT2D eigenvalue weighted by Crippen LogP contribution is -2.59. The minimum atomic E-state index is -3.05. The lowest BCUT2D eigenvalue weighted by molar-refractivity contribution is -0.181. The van der Waals surface area contributed by atoms with Crippen molar-refractivity contribution in [3.05, 3.63) is 170 Å². The average molecular weight is 739 g/mol. The Hall–Kier alpha value is -7.32. The fourth-order valence-electron chi connectivity index (χ4n) is 7.19. The Bertz CT molecular complexity index is 2560. The maximum absolute atomic E-state index is 15.2. The third-order valence-electron chi connectivity index (χ3n) is 10.00. The summed E-state index contributed by atoms with van der Waals surface area (Å²) in [7, 11) is 0. The Morgan fingerprint density at radius 1 is 0.393 bits per heavy atom. The Balaban J connectivity index is 1.32. The maximum Gasteiger partial charge on any atom is 0.341 e. The highest BCUT2D eigenvalue weighted by Crippen LogP contribution is 2.41. The van der Waals surface area contributed by atoms with Crippen molar-refractivity contribution in [3.8, 4) is 23.0 Å². The van der Waals surface area contributed by atoms with E-state index in [1.165, 1.54) is 0 Å². The second-order valence-corrected chi connectivity index (χ2v) is 13.3. The summed E-state index contributed by atoms with van der Waals surface area (Å²) in [5.41, 5.74) is -3.05. The van der Waals surface area contributed by atoms with Gasteiger partial charge in [0, 0.05) is 21.5 Å². The van der Waals surface area contributed by atoms with E-state index in [4.69, 9.17) is 18.9 Å². The number of carbonyl (C=O) groups excluding carboxylic acids is 4. The SMILES string of the molecule is CCC(C(=O)Oc1cccc2ccccc12)C(C(=O)Oc1cccc2ccccc12)(C(=O)Oc1cccc2ccccc12)C(=O)Oc1cccc2ccccc12. The van der Waals surface area contributed by atoms with Gasteiger partial charge in [-0.1, -0.05) is 153 Å². The zero-order chi connectivity index (χ0) is 38.6. The van der Waals surface area contributed by atoms with Gasteiger partial charge < -0.3 is 18.9 Å². The molecule has 0 amide bonds. The molecule has 0 aromatic heterocycles. The second kappa shape index (κ2) is 15.2. The van der Waals surface area contributed by atoms with E-state index in [1.54, 1.807) is 104 Å². The van der Waals surface area contributed by atoms with E-state index < -0.39 is 35.2 Å². The van der Waals surface area contributed by atoms with E-state index in [1.807, 2.05) is 72.8 Å². The van der Waals surface area contributed by atoms with Gasteiger partial charge in [0.05, 0.1) is 5.92 Å². The molecule has 0 bridgehead atoms. The highest BCUT2D eigenvalue weighted by molar-refractivity contribution is 6.22. The minimum Gasteiger partial charge on any atom is -0.426 e. The highest BCUT2D eigenvalue weighted by atomic mass is 16.6. The van der Waals surface area contributed by atoms with Crippen molar-refractivity contribution in [2.45, 2.75) is 13.3 Å². The number of benzene rings is 8. The molecule has 0 fully saturated rings. The summed E-state index contributed by atoms with van der Waals surface area (Å²) >= 11 is 0. The first-order valence-corrected chi connectivity index (χ1v) is 18.2. The van der Waals surface area contributed by atoms with Crippen molar-refractivity contribution in [1.29, 1.82) is 0 Å². The van der Waals surface area contributed by atoms with Crippen LogP contribution >= 0.6 is 0 Å². The summed E-state index contributed by atoms with van der Waals surface area (Å²) in [5.74, 6) is -6.59. The first-order valence-electron chi connectivity index (χ1n) is 18.2. The molecule has 56 heavy (non-hydrogen) atoms. The molecular weight excluding hydrogens is 705 g/mol. The normalized spacial score (nSPS) is 11.9. The molecule has 0 aliphatic rings. The Labute approximate surface area is 321 Å². The number of hydrogen-bond acceptors (Lipinski definition) is 8. The van der Waals surface area contributed by atoms with Gasteiger partial charge in [-0.15, -0.1) is 0 Å². The minimum absolute atomic E-state index is 0.0608. The van der Waals surface area contributed by atoms with Crippen LogP contribution in [0.3, 0.4) is 0 Å². The molecule has 8 aromatic rings. The fourth-order valence-corrected chi connectivity index (χ4v) is 7.19. The van der Waals surface area contributed by atoms with Crippen LogP contribution in [0.4, 0.5) is 0 Å². The van der Waals surface area contributed by atoms with E-state index in [-0.39, 0.29) is 29.4 Å². The summed E-state index contributed by atoms with van der Waals surface area (Å²) in [5, 5.41) is 5.22. The molecule has 0 radical (unpaired) electrons. The number of esters is 4. The summed E-state index contributed by atoms with van der Waals surface area (Å²) in [6.07, 6.45) is -0.233. The average Bonchev–Trinajstić information content (AvgIpc) is 3.23. The predicted molar refractivity (Wildman–Crippen MR) is 215 cm³/mol. The molecule has 0 aliphatic heterocycles. The van der Waals surface area contributed by atoms with Gasteiger partial charge in [-0.05, 0) is 52.2 Å². The fraction of sp³-hybridized carbons (Fsp3) is 0.0833. The van der Waals surface area contributed by atoms with E-state index >= 15 is 14.4 Å². The van der Waals surface area contributed by atoms with E-state index in [0.29, 0.717) is 21.5 Å². The molecular formula is C48H34O8. The molecule has 0 aliphatic carbocycles. The third kappa shape index (κ3) is 6.47. The molecule has 0 heterocycles. The number of rotatable bonds is 10. The summed E-state index contributed by atoms with van der Waals surface area (Å²) in [6.45, 7) is 1.57. The van der Waals surface area contributed by atoms with Gasteiger partial charge in [0.15, 0.2) is 0 Å². The van der Waals surface area contributed by atoms with Crippen molar-refractivity contribution >= 4 is 67.0 Å². The Morgan fingerprint density at radius 3 is 0.964 bits per heavy atom. The number of fused-ring (bicyclic) bond motifs is 4. The van der Waals surface area contributed by atoms with Gasteiger partial charge in [0.1, 0.15) is 23.0 Å². The van der Waals surface area contributed by atoms with E-state index in [0.717, 1.165) is 21.5 Å². The quantitative estimate of drug-likeness (QED) is 0.0776. The largest absolute Gasteiger partial charge is 0.426 e.